The Morgan fingerprint density at radius 3 is 2.84 bits per heavy atom. The molecule has 0 aliphatic rings. The molecule has 0 radical (unpaired) electrons. The van der Waals surface area contributed by atoms with Crippen LogP contribution in [-0.4, -0.2) is 20.5 Å². The normalized spacial score (nSPS) is 10.7. The number of pyridine rings is 1. The van der Waals surface area contributed by atoms with E-state index in [-0.39, 0.29) is 11.1 Å². The lowest BCUT2D eigenvalue weighted by atomic mass is 10.0. The van der Waals surface area contributed by atoms with Crippen molar-refractivity contribution in [1.29, 1.82) is 0 Å². The minimum atomic E-state index is -0.602. The lowest BCUT2D eigenvalue weighted by Crippen LogP contribution is -2.20. The predicted octanol–water partition coefficient (Wildman–Crippen LogP) is 1.43. The summed E-state index contributed by atoms with van der Waals surface area (Å²) in [6, 6.07) is 1.08. The Morgan fingerprint density at radius 1 is 1.47 bits per heavy atom. The van der Waals surface area contributed by atoms with E-state index in [1.165, 1.54) is 10.9 Å². The molecule has 0 bridgehead atoms. The van der Waals surface area contributed by atoms with Crippen molar-refractivity contribution < 1.29 is 9.18 Å². The minimum Gasteiger partial charge on any atom is -0.299 e. The van der Waals surface area contributed by atoms with Crippen molar-refractivity contribution in [3.63, 3.8) is 0 Å². The number of rotatable bonds is 4. The first-order chi connectivity index (χ1) is 9.04. The highest BCUT2D eigenvalue weighted by Crippen LogP contribution is 2.11. The van der Waals surface area contributed by atoms with Crippen molar-refractivity contribution in [3.05, 3.63) is 51.5 Å². The summed E-state index contributed by atoms with van der Waals surface area (Å²) in [5, 5.41) is 2.85. The van der Waals surface area contributed by atoms with E-state index >= 15 is 0 Å². The number of aromatic amines is 1. The van der Waals surface area contributed by atoms with Crippen LogP contribution < -0.4 is 5.56 Å². The average molecular weight is 263 g/mol. The van der Waals surface area contributed by atoms with Gasteiger partial charge < -0.3 is 0 Å². The van der Waals surface area contributed by atoms with Crippen molar-refractivity contribution in [1.82, 2.24) is 14.8 Å². The quantitative estimate of drug-likeness (QED) is 0.848. The lowest BCUT2D eigenvalue weighted by Gasteiger charge is -2.00. The van der Waals surface area contributed by atoms with Gasteiger partial charge in [-0.1, -0.05) is 13.3 Å². The molecule has 19 heavy (non-hydrogen) atoms. The number of carbonyl (C=O) groups excluding carboxylic acids is 1. The van der Waals surface area contributed by atoms with Crippen molar-refractivity contribution in [2.24, 2.45) is 7.05 Å². The van der Waals surface area contributed by atoms with E-state index in [0.717, 1.165) is 18.7 Å². The molecule has 2 aromatic heterocycles. The molecule has 0 amide bonds. The van der Waals surface area contributed by atoms with Crippen LogP contribution in [0.5, 0.6) is 0 Å². The van der Waals surface area contributed by atoms with E-state index in [0.29, 0.717) is 12.1 Å². The fraction of sp³-hybridized carbons (Fsp3) is 0.308. The summed E-state index contributed by atoms with van der Waals surface area (Å²) in [5.74, 6) is -1.10. The van der Waals surface area contributed by atoms with Crippen molar-refractivity contribution in [2.75, 3.05) is 0 Å². The van der Waals surface area contributed by atoms with Gasteiger partial charge in [-0.05, 0) is 12.5 Å². The topological polar surface area (TPSA) is 67.8 Å². The number of H-pyrrole nitrogens is 1. The van der Waals surface area contributed by atoms with Crippen molar-refractivity contribution in [2.45, 2.75) is 19.8 Å². The lowest BCUT2D eigenvalue weighted by molar-refractivity contribution is 0.103. The Hall–Kier alpha value is -2.24. The summed E-state index contributed by atoms with van der Waals surface area (Å²) in [6.45, 7) is 1.95. The zero-order chi connectivity index (χ0) is 14.0. The van der Waals surface area contributed by atoms with E-state index in [2.05, 4.69) is 10.1 Å². The fourth-order valence-electron chi connectivity index (χ4n) is 1.95. The van der Waals surface area contributed by atoms with Gasteiger partial charge in [0.2, 0.25) is 5.78 Å². The molecule has 0 aromatic carbocycles. The molecule has 0 saturated heterocycles. The number of hydrogen-bond acceptors (Lipinski definition) is 3. The number of nitrogens with one attached hydrogen (secondary N) is 1. The second-order valence-corrected chi connectivity index (χ2v) is 4.30. The molecule has 1 N–H and O–H groups in total. The number of halogens is 1. The maximum absolute atomic E-state index is 13.1. The van der Waals surface area contributed by atoms with Gasteiger partial charge in [0.05, 0.1) is 6.20 Å². The molecule has 2 aromatic rings. The predicted molar refractivity (Wildman–Crippen MR) is 67.7 cm³/mol. The van der Waals surface area contributed by atoms with Gasteiger partial charge >= 0.3 is 0 Å². The van der Waals surface area contributed by atoms with Crippen LogP contribution in [0, 0.1) is 5.82 Å². The first-order valence-electron chi connectivity index (χ1n) is 5.97. The largest absolute Gasteiger partial charge is 0.299 e. The number of aromatic nitrogens is 3. The van der Waals surface area contributed by atoms with E-state index < -0.39 is 17.2 Å². The van der Waals surface area contributed by atoms with Gasteiger partial charge in [0.15, 0.2) is 0 Å². The van der Waals surface area contributed by atoms with E-state index in [1.807, 2.05) is 6.92 Å². The van der Waals surface area contributed by atoms with Crippen LogP contribution in [0.15, 0.2) is 23.3 Å². The molecule has 0 fully saturated rings. The molecule has 2 rings (SSSR count). The molecule has 6 heteroatoms. The highest BCUT2D eigenvalue weighted by molar-refractivity contribution is 6.09. The molecule has 100 valence electrons. The third-order valence-electron chi connectivity index (χ3n) is 2.82. The van der Waals surface area contributed by atoms with Gasteiger partial charge in [-0.15, -0.1) is 0 Å². The number of nitrogens with zero attached hydrogens (tertiary/aromatic N) is 2. The molecule has 2 heterocycles. The Balaban J connectivity index is 2.52. The molecular weight excluding hydrogens is 249 g/mol. The monoisotopic (exact) mass is 263 g/mol. The van der Waals surface area contributed by atoms with Crippen LogP contribution in [0.1, 0.15) is 35.0 Å². The maximum Gasteiger partial charge on any atom is 0.277 e. The van der Waals surface area contributed by atoms with Gasteiger partial charge in [-0.2, -0.15) is 0 Å². The maximum atomic E-state index is 13.1. The van der Waals surface area contributed by atoms with Gasteiger partial charge in [-0.3, -0.25) is 24.4 Å². The van der Waals surface area contributed by atoms with Crippen LogP contribution in [0.2, 0.25) is 0 Å². The van der Waals surface area contributed by atoms with E-state index in [4.69, 9.17) is 0 Å². The number of hydrogen-bond donors (Lipinski definition) is 1. The zero-order valence-corrected chi connectivity index (χ0v) is 10.7. The summed E-state index contributed by atoms with van der Waals surface area (Å²) in [5.41, 5.74) is 0.313. The number of aryl methyl sites for hydroxylation is 2. The van der Waals surface area contributed by atoms with Crippen LogP contribution in [0.3, 0.4) is 0 Å². The molecule has 5 nitrogen and oxygen atoms in total. The molecule has 0 aliphatic carbocycles. The van der Waals surface area contributed by atoms with Crippen LogP contribution in [0.4, 0.5) is 4.39 Å². The molecular formula is C13H14FN3O2. The van der Waals surface area contributed by atoms with Gasteiger partial charge in [0.1, 0.15) is 11.4 Å². The molecule has 0 unspecified atom stereocenters. The summed E-state index contributed by atoms with van der Waals surface area (Å²) < 4.78 is 14.3. The summed E-state index contributed by atoms with van der Waals surface area (Å²) in [6.07, 6.45) is 3.65. The number of ketones is 1. The number of carbonyl (C=O) groups is 1. The van der Waals surface area contributed by atoms with Gasteiger partial charge in [0.25, 0.3) is 5.56 Å². The summed E-state index contributed by atoms with van der Waals surface area (Å²) in [4.78, 5) is 27.9. The third-order valence-corrected chi connectivity index (χ3v) is 2.82. The van der Waals surface area contributed by atoms with Gasteiger partial charge in [-0.25, -0.2) is 4.39 Å². The Morgan fingerprint density at radius 2 is 2.21 bits per heavy atom. The zero-order valence-electron chi connectivity index (χ0n) is 10.7. The first-order valence-corrected chi connectivity index (χ1v) is 5.97. The highest BCUT2D eigenvalue weighted by Gasteiger charge is 2.21. The average Bonchev–Trinajstić information content (AvgIpc) is 2.65. The molecule has 0 atom stereocenters. The Bertz CT molecular complexity index is 673. The minimum absolute atomic E-state index is 0.0664. The van der Waals surface area contributed by atoms with Crippen LogP contribution in [-0.2, 0) is 13.5 Å². The molecule has 0 aliphatic heterocycles. The highest BCUT2D eigenvalue weighted by atomic mass is 19.1. The standard InChI is InChI=1S/C13H14FN3O2/c1-3-4-10-11(13(19)17(2)16-10)12(18)8-5-9(14)7-15-6-8/h5-7,16H,3-4H2,1-2H3. The van der Waals surface area contributed by atoms with E-state index in [9.17, 15) is 14.0 Å². The third kappa shape index (κ3) is 2.47. The van der Waals surface area contributed by atoms with Crippen LogP contribution >= 0.6 is 0 Å². The molecule has 0 saturated carbocycles. The second-order valence-electron chi connectivity index (χ2n) is 4.30. The Labute approximate surface area is 109 Å². The smallest absolute Gasteiger partial charge is 0.277 e. The summed E-state index contributed by atoms with van der Waals surface area (Å²) >= 11 is 0. The van der Waals surface area contributed by atoms with Crippen molar-refractivity contribution >= 4 is 5.78 Å². The first kappa shape index (κ1) is 13.2. The van der Waals surface area contributed by atoms with E-state index in [1.54, 1.807) is 7.05 Å². The summed E-state index contributed by atoms with van der Waals surface area (Å²) in [7, 11) is 1.54. The Kier molecular flexibility index (Phi) is 3.59. The van der Waals surface area contributed by atoms with Crippen LogP contribution in [0.25, 0.3) is 0 Å². The molecule has 0 spiro atoms. The van der Waals surface area contributed by atoms with Crippen molar-refractivity contribution in [3.8, 4) is 0 Å². The second kappa shape index (κ2) is 5.17. The SMILES string of the molecule is CCCc1[nH]n(C)c(=O)c1C(=O)c1cncc(F)c1. The van der Waals surface area contributed by atoms with Gasteiger partial charge in [0, 0.05) is 24.5 Å². The fourth-order valence-corrected chi connectivity index (χ4v) is 1.95.